The van der Waals surface area contributed by atoms with Gasteiger partial charge in [-0.05, 0) is 7.05 Å². The molecule has 0 saturated carbocycles. The van der Waals surface area contributed by atoms with Gasteiger partial charge in [-0.3, -0.25) is 9.89 Å². The second-order valence-corrected chi connectivity index (χ2v) is 5.17. The Hall–Kier alpha value is -2.22. The summed E-state index contributed by atoms with van der Waals surface area (Å²) in [5.41, 5.74) is 1.12. The van der Waals surface area contributed by atoms with Crippen LogP contribution in [0.25, 0.3) is 0 Å². The summed E-state index contributed by atoms with van der Waals surface area (Å²) in [7, 11) is 4.01. The molecule has 106 valence electrons. The molecule has 1 fully saturated rings. The van der Waals surface area contributed by atoms with Gasteiger partial charge in [0.1, 0.15) is 6.33 Å². The lowest BCUT2D eigenvalue weighted by Crippen LogP contribution is -2.40. The Kier molecular flexibility index (Phi) is 3.23. The van der Waals surface area contributed by atoms with Crippen molar-refractivity contribution in [2.45, 2.75) is 12.0 Å². The smallest absolute Gasteiger partial charge is 0.288 e. The van der Waals surface area contributed by atoms with Crippen molar-refractivity contribution in [1.82, 2.24) is 34.9 Å². The molecular weight excluding hydrogens is 258 g/mol. The lowest BCUT2D eigenvalue weighted by Gasteiger charge is -2.19. The molecule has 0 aliphatic carbocycles. The van der Waals surface area contributed by atoms with Gasteiger partial charge in [0, 0.05) is 37.9 Å². The predicted octanol–water partition coefficient (Wildman–Crippen LogP) is -0.634. The van der Waals surface area contributed by atoms with E-state index in [1.165, 1.54) is 6.33 Å². The molecule has 3 rings (SSSR count). The predicted molar refractivity (Wildman–Crippen MR) is 71.1 cm³/mol. The molecule has 1 saturated heterocycles. The van der Waals surface area contributed by atoms with Crippen LogP contribution in [0.4, 0.5) is 0 Å². The fourth-order valence-corrected chi connectivity index (χ4v) is 2.72. The van der Waals surface area contributed by atoms with Gasteiger partial charge < -0.3 is 14.8 Å². The molecule has 8 nitrogen and oxygen atoms in total. The number of aromatic nitrogens is 5. The lowest BCUT2D eigenvalue weighted by molar-refractivity contribution is 0.0925. The maximum atomic E-state index is 12.1. The summed E-state index contributed by atoms with van der Waals surface area (Å²) >= 11 is 0. The maximum absolute atomic E-state index is 12.1. The van der Waals surface area contributed by atoms with Gasteiger partial charge in [0.15, 0.2) is 0 Å². The van der Waals surface area contributed by atoms with E-state index in [9.17, 15) is 4.79 Å². The van der Waals surface area contributed by atoms with Crippen molar-refractivity contribution in [1.29, 1.82) is 0 Å². The van der Waals surface area contributed by atoms with Crippen LogP contribution in [-0.4, -0.2) is 61.7 Å². The van der Waals surface area contributed by atoms with E-state index in [0.717, 1.165) is 18.8 Å². The standard InChI is InChI=1S/C12H17N7O/c1-18-4-8(10-3-13-7-19(10)2)9(5-18)16-12(20)11-14-6-15-17-11/h3,6-9H,4-5H2,1-2H3,(H,16,20)(H,14,15,17)/t8-,9-/m1/s1. The monoisotopic (exact) mass is 275 g/mol. The van der Waals surface area contributed by atoms with Gasteiger partial charge >= 0.3 is 0 Å². The first kappa shape index (κ1) is 12.8. The highest BCUT2D eigenvalue weighted by molar-refractivity contribution is 5.90. The zero-order chi connectivity index (χ0) is 14.1. The van der Waals surface area contributed by atoms with Gasteiger partial charge in [-0.25, -0.2) is 9.97 Å². The number of hydrogen-bond donors (Lipinski definition) is 2. The molecule has 2 atom stereocenters. The molecule has 1 amide bonds. The van der Waals surface area contributed by atoms with E-state index in [1.54, 1.807) is 6.33 Å². The Morgan fingerprint density at radius 2 is 2.30 bits per heavy atom. The minimum atomic E-state index is -0.227. The summed E-state index contributed by atoms with van der Waals surface area (Å²) in [6, 6.07) is 0.0352. The van der Waals surface area contributed by atoms with E-state index < -0.39 is 0 Å². The average Bonchev–Trinajstić information content (AvgIpc) is 3.10. The topological polar surface area (TPSA) is 91.7 Å². The number of aryl methyl sites for hydroxylation is 1. The van der Waals surface area contributed by atoms with Crippen LogP contribution in [0.5, 0.6) is 0 Å². The Morgan fingerprint density at radius 3 is 2.95 bits per heavy atom. The summed E-state index contributed by atoms with van der Waals surface area (Å²) in [6.45, 7) is 1.69. The normalized spacial score (nSPS) is 23.1. The molecule has 1 aliphatic rings. The second-order valence-electron chi connectivity index (χ2n) is 5.17. The molecule has 0 spiro atoms. The minimum Gasteiger partial charge on any atom is -0.345 e. The highest BCUT2D eigenvalue weighted by Crippen LogP contribution is 2.26. The Labute approximate surface area is 116 Å². The molecule has 0 radical (unpaired) electrons. The van der Waals surface area contributed by atoms with E-state index in [2.05, 4.69) is 30.4 Å². The van der Waals surface area contributed by atoms with E-state index >= 15 is 0 Å². The third-order valence-corrected chi connectivity index (χ3v) is 3.68. The largest absolute Gasteiger partial charge is 0.345 e. The first-order chi connectivity index (χ1) is 9.65. The number of carbonyl (C=O) groups is 1. The molecular formula is C12H17N7O. The van der Waals surface area contributed by atoms with E-state index in [1.807, 2.05) is 24.9 Å². The number of H-pyrrole nitrogens is 1. The van der Waals surface area contributed by atoms with Crippen LogP contribution in [0.3, 0.4) is 0 Å². The van der Waals surface area contributed by atoms with Crippen LogP contribution in [0.2, 0.25) is 0 Å². The number of carbonyl (C=O) groups excluding carboxylic acids is 1. The third kappa shape index (κ3) is 2.29. The Bertz CT molecular complexity index is 591. The quantitative estimate of drug-likeness (QED) is 0.778. The van der Waals surface area contributed by atoms with Crippen molar-refractivity contribution in [3.8, 4) is 0 Å². The Morgan fingerprint density at radius 1 is 1.45 bits per heavy atom. The molecule has 2 N–H and O–H groups in total. The molecule has 20 heavy (non-hydrogen) atoms. The number of aromatic amines is 1. The van der Waals surface area contributed by atoms with Gasteiger partial charge in [0.25, 0.3) is 5.91 Å². The number of nitrogens with one attached hydrogen (secondary N) is 2. The molecule has 0 bridgehead atoms. The highest BCUT2D eigenvalue weighted by Gasteiger charge is 2.35. The number of rotatable bonds is 3. The lowest BCUT2D eigenvalue weighted by atomic mass is 10.00. The van der Waals surface area contributed by atoms with Crippen LogP contribution in [-0.2, 0) is 7.05 Å². The summed E-state index contributed by atoms with van der Waals surface area (Å²) in [5.74, 6) is 0.234. The molecule has 2 aromatic rings. The highest BCUT2D eigenvalue weighted by atomic mass is 16.2. The van der Waals surface area contributed by atoms with E-state index in [0.29, 0.717) is 0 Å². The van der Waals surface area contributed by atoms with Gasteiger partial charge in [-0.15, -0.1) is 0 Å². The first-order valence-electron chi connectivity index (χ1n) is 6.46. The van der Waals surface area contributed by atoms with Crippen LogP contribution in [0.1, 0.15) is 22.2 Å². The molecule has 8 heteroatoms. The van der Waals surface area contributed by atoms with Crippen LogP contribution in [0.15, 0.2) is 18.9 Å². The van der Waals surface area contributed by atoms with E-state index in [-0.39, 0.29) is 23.7 Å². The van der Waals surface area contributed by atoms with Crippen molar-refractivity contribution in [3.63, 3.8) is 0 Å². The second kappa shape index (κ2) is 5.04. The van der Waals surface area contributed by atoms with Crippen molar-refractivity contribution < 1.29 is 4.79 Å². The van der Waals surface area contributed by atoms with E-state index in [4.69, 9.17) is 0 Å². The number of hydrogen-bond acceptors (Lipinski definition) is 5. The summed E-state index contributed by atoms with van der Waals surface area (Å²) < 4.78 is 2.00. The fraction of sp³-hybridized carbons (Fsp3) is 0.500. The maximum Gasteiger partial charge on any atom is 0.288 e. The Balaban J connectivity index is 1.77. The van der Waals surface area contributed by atoms with Gasteiger partial charge in [0.2, 0.25) is 5.82 Å². The SMILES string of the molecule is CN1C[C@@H](NC(=O)c2ncn[nH]2)[C@H](c2cncn2C)C1. The molecule has 0 aromatic carbocycles. The summed E-state index contributed by atoms with van der Waals surface area (Å²) in [6.07, 6.45) is 4.97. The molecule has 2 aromatic heterocycles. The van der Waals surface area contributed by atoms with Crippen molar-refractivity contribution in [3.05, 3.63) is 30.4 Å². The third-order valence-electron chi connectivity index (χ3n) is 3.68. The van der Waals surface area contributed by atoms with Crippen LogP contribution < -0.4 is 5.32 Å². The zero-order valence-corrected chi connectivity index (χ0v) is 11.4. The number of imidazole rings is 1. The number of likely N-dealkylation sites (N-methyl/N-ethyl adjacent to an activating group) is 1. The van der Waals surface area contributed by atoms with Gasteiger partial charge in [-0.2, -0.15) is 5.10 Å². The van der Waals surface area contributed by atoms with Crippen molar-refractivity contribution >= 4 is 5.91 Å². The zero-order valence-electron chi connectivity index (χ0n) is 11.4. The van der Waals surface area contributed by atoms with Crippen molar-refractivity contribution in [2.75, 3.05) is 20.1 Å². The molecule has 1 aliphatic heterocycles. The first-order valence-corrected chi connectivity index (χ1v) is 6.46. The van der Waals surface area contributed by atoms with Gasteiger partial charge in [0.05, 0.1) is 12.4 Å². The summed E-state index contributed by atoms with van der Waals surface area (Å²) in [5, 5.41) is 9.29. The number of amides is 1. The molecule has 0 unspecified atom stereocenters. The average molecular weight is 275 g/mol. The van der Waals surface area contributed by atoms with Crippen LogP contribution in [0, 0.1) is 0 Å². The number of likely N-dealkylation sites (tertiary alicyclic amines) is 1. The van der Waals surface area contributed by atoms with Gasteiger partial charge in [-0.1, -0.05) is 0 Å². The minimum absolute atomic E-state index is 0.0352. The number of nitrogens with zero attached hydrogens (tertiary/aromatic N) is 5. The fourth-order valence-electron chi connectivity index (χ4n) is 2.72. The summed E-state index contributed by atoms with van der Waals surface area (Å²) in [4.78, 5) is 22.3. The van der Waals surface area contributed by atoms with Crippen molar-refractivity contribution in [2.24, 2.45) is 7.05 Å². The molecule has 3 heterocycles. The van der Waals surface area contributed by atoms with Crippen LogP contribution >= 0.6 is 0 Å².